The summed E-state index contributed by atoms with van der Waals surface area (Å²) in [6.45, 7) is 3.99. The number of benzene rings is 1. The molecule has 1 fully saturated rings. The van der Waals surface area contributed by atoms with Crippen LogP contribution in [0, 0.1) is 6.92 Å². The van der Waals surface area contributed by atoms with Gasteiger partial charge in [-0.1, -0.05) is 18.2 Å². The maximum atomic E-state index is 12.2. The lowest BCUT2D eigenvalue weighted by Crippen LogP contribution is -2.21. The normalized spacial score (nSPS) is 14.2. The van der Waals surface area contributed by atoms with E-state index < -0.39 is 0 Å². The Balaban J connectivity index is 1.71. The highest BCUT2D eigenvalue weighted by molar-refractivity contribution is 6.03. The summed E-state index contributed by atoms with van der Waals surface area (Å²) in [5.74, 6) is 0.615. The monoisotopic (exact) mass is 282 g/mol. The number of aryl methyl sites for hydroxylation is 1. The van der Waals surface area contributed by atoms with E-state index in [0.29, 0.717) is 5.69 Å². The van der Waals surface area contributed by atoms with Gasteiger partial charge in [-0.25, -0.2) is 0 Å². The topological polar surface area (TPSA) is 58.1 Å². The third-order valence-electron chi connectivity index (χ3n) is 3.71. The summed E-state index contributed by atoms with van der Waals surface area (Å²) < 4.78 is 0. The van der Waals surface area contributed by atoms with Crippen molar-refractivity contribution in [3.05, 3.63) is 47.7 Å². The largest absolute Gasteiger partial charge is 0.355 e. The summed E-state index contributed by atoms with van der Waals surface area (Å²) in [5.41, 5.74) is 2.15. The van der Waals surface area contributed by atoms with Crippen molar-refractivity contribution in [3.8, 4) is 0 Å². The molecule has 0 spiro atoms. The van der Waals surface area contributed by atoms with Crippen molar-refractivity contribution >= 4 is 17.4 Å². The molecule has 1 amide bonds. The van der Waals surface area contributed by atoms with Crippen molar-refractivity contribution in [2.75, 3.05) is 23.3 Å². The van der Waals surface area contributed by atoms with Gasteiger partial charge in [-0.2, -0.15) is 0 Å². The molecule has 1 aromatic carbocycles. The first kappa shape index (κ1) is 13.5. The Morgan fingerprint density at radius 2 is 1.86 bits per heavy atom. The lowest BCUT2D eigenvalue weighted by molar-refractivity contribution is 0.102. The predicted molar refractivity (Wildman–Crippen MR) is 82.6 cm³/mol. The van der Waals surface area contributed by atoms with Crippen molar-refractivity contribution in [1.29, 1.82) is 0 Å². The number of para-hydroxylation sites is 1. The van der Waals surface area contributed by atoms with E-state index in [9.17, 15) is 4.79 Å². The molecule has 21 heavy (non-hydrogen) atoms. The molecule has 1 saturated heterocycles. The van der Waals surface area contributed by atoms with E-state index >= 15 is 0 Å². The molecule has 0 aliphatic carbocycles. The first-order chi connectivity index (χ1) is 10.2. The molecule has 1 aliphatic rings. The smallest absolute Gasteiger partial charge is 0.276 e. The zero-order chi connectivity index (χ0) is 14.7. The molecule has 5 heteroatoms. The van der Waals surface area contributed by atoms with Crippen LogP contribution in [-0.2, 0) is 0 Å². The Labute approximate surface area is 124 Å². The highest BCUT2D eigenvalue weighted by Crippen LogP contribution is 2.17. The van der Waals surface area contributed by atoms with Crippen molar-refractivity contribution in [3.63, 3.8) is 0 Å². The number of rotatable bonds is 3. The SMILES string of the molecule is Cc1ccccc1NC(=O)c1ccc(N2CCCC2)nn1. The summed E-state index contributed by atoms with van der Waals surface area (Å²) in [7, 11) is 0. The van der Waals surface area contributed by atoms with Crippen LogP contribution in [-0.4, -0.2) is 29.2 Å². The highest BCUT2D eigenvalue weighted by atomic mass is 16.1. The first-order valence-corrected chi connectivity index (χ1v) is 7.20. The van der Waals surface area contributed by atoms with Gasteiger partial charge in [0.15, 0.2) is 11.5 Å². The van der Waals surface area contributed by atoms with Gasteiger partial charge in [0.1, 0.15) is 0 Å². The van der Waals surface area contributed by atoms with Crippen molar-refractivity contribution in [2.24, 2.45) is 0 Å². The second-order valence-corrected chi connectivity index (χ2v) is 5.24. The predicted octanol–water partition coefficient (Wildman–Crippen LogP) is 2.64. The summed E-state index contributed by atoms with van der Waals surface area (Å²) in [5, 5.41) is 11.1. The number of hydrogen-bond donors (Lipinski definition) is 1. The molecule has 3 rings (SSSR count). The van der Waals surface area contributed by atoms with Crippen LogP contribution in [0.4, 0.5) is 11.5 Å². The number of nitrogens with one attached hydrogen (secondary N) is 1. The molecule has 0 radical (unpaired) electrons. The van der Waals surface area contributed by atoms with Crippen molar-refractivity contribution < 1.29 is 4.79 Å². The average molecular weight is 282 g/mol. The second-order valence-electron chi connectivity index (χ2n) is 5.24. The van der Waals surface area contributed by atoms with Crippen LogP contribution in [0.3, 0.4) is 0 Å². The van der Waals surface area contributed by atoms with Crippen LogP contribution >= 0.6 is 0 Å². The molecule has 2 heterocycles. The Hall–Kier alpha value is -2.43. The number of nitrogens with zero attached hydrogens (tertiary/aromatic N) is 3. The molecule has 0 atom stereocenters. The van der Waals surface area contributed by atoms with E-state index in [0.717, 1.165) is 30.2 Å². The zero-order valence-corrected chi connectivity index (χ0v) is 12.0. The van der Waals surface area contributed by atoms with Crippen LogP contribution in [0.1, 0.15) is 28.9 Å². The van der Waals surface area contributed by atoms with Gasteiger partial charge in [0, 0.05) is 18.8 Å². The van der Waals surface area contributed by atoms with Gasteiger partial charge >= 0.3 is 0 Å². The summed E-state index contributed by atoms with van der Waals surface area (Å²) in [4.78, 5) is 14.4. The van der Waals surface area contributed by atoms with E-state index in [2.05, 4.69) is 20.4 Å². The van der Waals surface area contributed by atoms with Gasteiger partial charge < -0.3 is 10.2 Å². The fourth-order valence-corrected chi connectivity index (χ4v) is 2.46. The lowest BCUT2D eigenvalue weighted by atomic mass is 10.2. The molecular formula is C16H18N4O. The van der Waals surface area contributed by atoms with Gasteiger partial charge in [0.25, 0.3) is 5.91 Å². The minimum atomic E-state index is -0.232. The van der Waals surface area contributed by atoms with Gasteiger partial charge in [0.2, 0.25) is 0 Å². The summed E-state index contributed by atoms with van der Waals surface area (Å²) >= 11 is 0. The zero-order valence-electron chi connectivity index (χ0n) is 12.0. The first-order valence-electron chi connectivity index (χ1n) is 7.20. The van der Waals surface area contributed by atoms with E-state index in [1.165, 1.54) is 12.8 Å². The van der Waals surface area contributed by atoms with Gasteiger partial charge in [0.05, 0.1) is 0 Å². The number of carbonyl (C=O) groups is 1. The van der Waals surface area contributed by atoms with Crippen LogP contribution in [0.15, 0.2) is 36.4 Å². The quantitative estimate of drug-likeness (QED) is 0.940. The minimum Gasteiger partial charge on any atom is -0.355 e. The maximum Gasteiger partial charge on any atom is 0.276 e. The van der Waals surface area contributed by atoms with Crippen LogP contribution in [0.5, 0.6) is 0 Å². The number of hydrogen-bond acceptors (Lipinski definition) is 4. The van der Waals surface area contributed by atoms with E-state index in [1.807, 2.05) is 37.3 Å². The summed E-state index contributed by atoms with van der Waals surface area (Å²) in [6, 6.07) is 11.3. The number of amides is 1. The molecule has 0 unspecified atom stereocenters. The molecule has 5 nitrogen and oxygen atoms in total. The molecule has 0 saturated carbocycles. The molecule has 108 valence electrons. The maximum absolute atomic E-state index is 12.2. The third kappa shape index (κ3) is 3.02. The van der Waals surface area contributed by atoms with Gasteiger partial charge in [-0.15, -0.1) is 10.2 Å². The fraction of sp³-hybridized carbons (Fsp3) is 0.312. The molecule has 2 aromatic rings. The van der Waals surface area contributed by atoms with Crippen molar-refractivity contribution in [1.82, 2.24) is 10.2 Å². The molecule has 1 aromatic heterocycles. The Morgan fingerprint density at radius 1 is 1.10 bits per heavy atom. The molecular weight excluding hydrogens is 264 g/mol. The lowest BCUT2D eigenvalue weighted by Gasteiger charge is -2.15. The van der Waals surface area contributed by atoms with Crippen molar-refractivity contribution in [2.45, 2.75) is 19.8 Å². The standard InChI is InChI=1S/C16H18N4O/c1-12-6-2-3-7-13(12)17-16(21)14-8-9-15(19-18-14)20-10-4-5-11-20/h2-3,6-9H,4-5,10-11H2,1H3,(H,17,21). The van der Waals surface area contributed by atoms with Crippen LogP contribution in [0.25, 0.3) is 0 Å². The molecule has 1 aliphatic heterocycles. The molecule has 1 N–H and O–H groups in total. The van der Waals surface area contributed by atoms with Gasteiger partial charge in [-0.3, -0.25) is 4.79 Å². The van der Waals surface area contributed by atoms with Crippen LogP contribution < -0.4 is 10.2 Å². The summed E-state index contributed by atoms with van der Waals surface area (Å²) in [6.07, 6.45) is 2.38. The molecule has 0 bridgehead atoms. The number of carbonyl (C=O) groups excluding carboxylic acids is 1. The Morgan fingerprint density at radius 3 is 2.52 bits per heavy atom. The Bertz CT molecular complexity index is 633. The van der Waals surface area contributed by atoms with Gasteiger partial charge in [-0.05, 0) is 43.5 Å². The second kappa shape index (κ2) is 5.91. The number of aromatic nitrogens is 2. The number of anilines is 2. The Kier molecular flexibility index (Phi) is 3.81. The van der Waals surface area contributed by atoms with E-state index in [4.69, 9.17) is 0 Å². The average Bonchev–Trinajstić information content (AvgIpc) is 3.04. The highest BCUT2D eigenvalue weighted by Gasteiger charge is 2.15. The third-order valence-corrected chi connectivity index (χ3v) is 3.71. The minimum absolute atomic E-state index is 0.232. The van der Waals surface area contributed by atoms with E-state index in [1.54, 1.807) is 6.07 Å². The van der Waals surface area contributed by atoms with E-state index in [-0.39, 0.29) is 5.91 Å². The fourth-order valence-electron chi connectivity index (χ4n) is 2.46. The van der Waals surface area contributed by atoms with Crippen LogP contribution in [0.2, 0.25) is 0 Å².